The smallest absolute Gasteiger partial charge is 0.129 e. The molecule has 0 aromatic carbocycles. The molecule has 0 radical (unpaired) electrons. The van der Waals surface area contributed by atoms with Crippen LogP contribution < -0.4 is 10.2 Å². The normalized spacial score (nSPS) is 20.4. The minimum absolute atomic E-state index is 0.624. The minimum atomic E-state index is 0.624. The SMILES string of the molecule is CCC1CCCCCN1c1cc(CNC)c(Cl)cn1. The van der Waals surface area contributed by atoms with Gasteiger partial charge in [-0.2, -0.15) is 0 Å². The summed E-state index contributed by atoms with van der Waals surface area (Å²) in [4.78, 5) is 7.03. The van der Waals surface area contributed by atoms with Gasteiger partial charge in [-0.05, 0) is 37.9 Å². The van der Waals surface area contributed by atoms with Crippen molar-refractivity contribution in [1.29, 1.82) is 0 Å². The van der Waals surface area contributed by atoms with Gasteiger partial charge in [0.05, 0.1) is 5.02 Å². The molecule has 0 aliphatic carbocycles. The van der Waals surface area contributed by atoms with Crippen molar-refractivity contribution in [2.24, 2.45) is 0 Å². The molecule has 0 spiro atoms. The third kappa shape index (κ3) is 3.61. The Bertz CT molecular complexity index is 408. The lowest BCUT2D eigenvalue weighted by Crippen LogP contribution is -2.35. The number of aromatic nitrogens is 1. The number of hydrogen-bond donors (Lipinski definition) is 1. The van der Waals surface area contributed by atoms with Crippen LogP contribution in [0.2, 0.25) is 5.02 Å². The van der Waals surface area contributed by atoms with Gasteiger partial charge in [-0.1, -0.05) is 31.4 Å². The molecule has 1 aliphatic heterocycles. The van der Waals surface area contributed by atoms with Crippen LogP contribution in [0.1, 0.15) is 44.6 Å². The Hall–Kier alpha value is -0.800. The molecule has 1 atom stereocenters. The van der Waals surface area contributed by atoms with E-state index in [4.69, 9.17) is 11.6 Å². The van der Waals surface area contributed by atoms with Crippen LogP contribution in [0, 0.1) is 0 Å². The van der Waals surface area contributed by atoms with Crippen LogP contribution in [0.15, 0.2) is 12.3 Å². The Morgan fingerprint density at radius 2 is 2.26 bits per heavy atom. The van der Waals surface area contributed by atoms with Crippen molar-refractivity contribution in [3.8, 4) is 0 Å². The zero-order chi connectivity index (χ0) is 13.7. The Balaban J connectivity index is 2.25. The van der Waals surface area contributed by atoms with E-state index in [1.54, 1.807) is 6.20 Å². The highest BCUT2D eigenvalue weighted by Crippen LogP contribution is 2.27. The molecule has 106 valence electrons. The van der Waals surface area contributed by atoms with Crippen molar-refractivity contribution in [3.63, 3.8) is 0 Å². The molecule has 2 heterocycles. The van der Waals surface area contributed by atoms with E-state index in [1.165, 1.54) is 32.1 Å². The van der Waals surface area contributed by atoms with Gasteiger partial charge in [0, 0.05) is 25.3 Å². The van der Waals surface area contributed by atoms with Crippen molar-refractivity contribution in [2.45, 2.75) is 51.6 Å². The fourth-order valence-electron chi connectivity index (χ4n) is 2.85. The fraction of sp³-hybridized carbons (Fsp3) is 0.667. The molecule has 1 fully saturated rings. The summed E-state index contributed by atoms with van der Waals surface area (Å²) in [5, 5.41) is 3.91. The summed E-state index contributed by atoms with van der Waals surface area (Å²) in [6.45, 7) is 4.18. The summed E-state index contributed by atoms with van der Waals surface area (Å²) in [7, 11) is 1.94. The number of pyridine rings is 1. The lowest BCUT2D eigenvalue weighted by Gasteiger charge is -2.30. The maximum atomic E-state index is 6.20. The third-order valence-corrected chi connectivity index (χ3v) is 4.27. The van der Waals surface area contributed by atoms with Gasteiger partial charge in [-0.3, -0.25) is 0 Å². The van der Waals surface area contributed by atoms with E-state index in [-0.39, 0.29) is 0 Å². The number of anilines is 1. The minimum Gasteiger partial charge on any atom is -0.354 e. The standard InChI is InChI=1S/C15H24ClN3/c1-3-13-7-5-4-6-8-19(13)15-9-12(10-17-2)14(16)11-18-15/h9,11,13,17H,3-8,10H2,1-2H3. The molecule has 1 aliphatic rings. The van der Waals surface area contributed by atoms with E-state index in [1.807, 2.05) is 7.05 Å². The summed E-state index contributed by atoms with van der Waals surface area (Å²) >= 11 is 6.20. The number of nitrogens with one attached hydrogen (secondary N) is 1. The van der Waals surface area contributed by atoms with Gasteiger partial charge in [-0.15, -0.1) is 0 Å². The van der Waals surface area contributed by atoms with E-state index < -0.39 is 0 Å². The van der Waals surface area contributed by atoms with Crippen LogP contribution in [-0.2, 0) is 6.54 Å². The van der Waals surface area contributed by atoms with E-state index in [0.29, 0.717) is 6.04 Å². The lowest BCUT2D eigenvalue weighted by atomic mass is 10.1. The average Bonchev–Trinajstić information content (AvgIpc) is 2.66. The van der Waals surface area contributed by atoms with Crippen LogP contribution in [0.3, 0.4) is 0 Å². The molecule has 1 N–H and O–H groups in total. The summed E-state index contributed by atoms with van der Waals surface area (Å²) in [5.74, 6) is 1.09. The summed E-state index contributed by atoms with van der Waals surface area (Å²) in [6, 6.07) is 2.77. The van der Waals surface area contributed by atoms with Gasteiger partial charge in [0.2, 0.25) is 0 Å². The first-order chi connectivity index (χ1) is 9.26. The average molecular weight is 282 g/mol. The summed E-state index contributed by atoms with van der Waals surface area (Å²) in [6.07, 6.45) is 8.20. The Labute approximate surface area is 121 Å². The number of nitrogens with zero attached hydrogens (tertiary/aromatic N) is 2. The molecule has 1 unspecified atom stereocenters. The first-order valence-corrected chi connectivity index (χ1v) is 7.69. The van der Waals surface area contributed by atoms with Gasteiger partial charge in [0.1, 0.15) is 5.82 Å². The van der Waals surface area contributed by atoms with Crippen LogP contribution in [0.4, 0.5) is 5.82 Å². The van der Waals surface area contributed by atoms with Crippen LogP contribution >= 0.6 is 11.6 Å². The predicted molar refractivity (Wildman–Crippen MR) is 81.9 cm³/mol. The highest BCUT2D eigenvalue weighted by Gasteiger charge is 2.21. The van der Waals surface area contributed by atoms with E-state index in [2.05, 4.69) is 28.2 Å². The number of halogens is 1. The fourth-order valence-corrected chi connectivity index (χ4v) is 3.02. The summed E-state index contributed by atoms with van der Waals surface area (Å²) < 4.78 is 0. The third-order valence-electron chi connectivity index (χ3n) is 3.93. The zero-order valence-electron chi connectivity index (χ0n) is 12.0. The van der Waals surface area contributed by atoms with Gasteiger partial charge < -0.3 is 10.2 Å². The van der Waals surface area contributed by atoms with Gasteiger partial charge in [-0.25, -0.2) is 4.98 Å². The molecule has 1 aromatic heterocycles. The van der Waals surface area contributed by atoms with Crippen LogP contribution in [0.25, 0.3) is 0 Å². The van der Waals surface area contributed by atoms with Gasteiger partial charge in [0.15, 0.2) is 0 Å². The van der Waals surface area contributed by atoms with Gasteiger partial charge in [0.25, 0.3) is 0 Å². The van der Waals surface area contributed by atoms with Crippen molar-refractivity contribution in [2.75, 3.05) is 18.5 Å². The quantitative estimate of drug-likeness (QED) is 0.914. The Morgan fingerprint density at radius 1 is 1.42 bits per heavy atom. The molecular formula is C15H24ClN3. The molecule has 19 heavy (non-hydrogen) atoms. The first-order valence-electron chi connectivity index (χ1n) is 7.32. The first kappa shape index (κ1) is 14.6. The molecule has 3 nitrogen and oxygen atoms in total. The van der Waals surface area contributed by atoms with E-state index >= 15 is 0 Å². The molecule has 1 saturated heterocycles. The van der Waals surface area contributed by atoms with Crippen molar-refractivity contribution in [1.82, 2.24) is 10.3 Å². The van der Waals surface area contributed by atoms with Crippen molar-refractivity contribution < 1.29 is 0 Å². The molecule has 4 heteroatoms. The number of rotatable bonds is 4. The van der Waals surface area contributed by atoms with Crippen molar-refractivity contribution in [3.05, 3.63) is 22.8 Å². The molecule has 1 aromatic rings. The summed E-state index contributed by atoms with van der Waals surface area (Å²) in [5.41, 5.74) is 1.13. The molecule has 0 bridgehead atoms. The molecule has 0 amide bonds. The van der Waals surface area contributed by atoms with Gasteiger partial charge >= 0.3 is 0 Å². The second kappa shape index (κ2) is 7.11. The second-order valence-electron chi connectivity index (χ2n) is 5.27. The van der Waals surface area contributed by atoms with Crippen LogP contribution in [0.5, 0.6) is 0 Å². The van der Waals surface area contributed by atoms with Crippen LogP contribution in [-0.4, -0.2) is 24.6 Å². The highest BCUT2D eigenvalue weighted by molar-refractivity contribution is 6.31. The Morgan fingerprint density at radius 3 is 3.00 bits per heavy atom. The Kier molecular flexibility index (Phi) is 5.46. The van der Waals surface area contributed by atoms with E-state index in [9.17, 15) is 0 Å². The molecule has 0 saturated carbocycles. The maximum Gasteiger partial charge on any atom is 0.129 e. The van der Waals surface area contributed by atoms with E-state index in [0.717, 1.165) is 29.5 Å². The predicted octanol–water partition coefficient (Wildman–Crippen LogP) is 3.61. The number of hydrogen-bond acceptors (Lipinski definition) is 3. The highest BCUT2D eigenvalue weighted by atomic mass is 35.5. The lowest BCUT2D eigenvalue weighted by molar-refractivity contribution is 0.552. The molecular weight excluding hydrogens is 258 g/mol. The topological polar surface area (TPSA) is 28.2 Å². The maximum absolute atomic E-state index is 6.20. The monoisotopic (exact) mass is 281 g/mol. The largest absolute Gasteiger partial charge is 0.354 e. The van der Waals surface area contributed by atoms with Crippen molar-refractivity contribution >= 4 is 17.4 Å². The zero-order valence-corrected chi connectivity index (χ0v) is 12.7. The molecule has 2 rings (SSSR count). The second-order valence-corrected chi connectivity index (χ2v) is 5.68.